The maximum absolute atomic E-state index is 12.5. The topological polar surface area (TPSA) is 83.7 Å². The molecule has 2 rings (SSSR count). The molecular weight excluding hydrogens is 296 g/mol. The fourth-order valence-corrected chi connectivity index (χ4v) is 2.86. The number of aliphatic hydroxyl groups is 1. The standard InChI is InChI=1S/C14H17ClN2O4/c15-12-5-4-10(9-13(12)17(20)21)14(19)16-7-2-1-3-11(16)6-8-18/h4-5,9,11,18H,1-3,6-8H2. The summed E-state index contributed by atoms with van der Waals surface area (Å²) in [6.45, 7) is 0.634. The van der Waals surface area contributed by atoms with E-state index in [1.165, 1.54) is 18.2 Å². The van der Waals surface area contributed by atoms with Gasteiger partial charge in [0.1, 0.15) is 5.02 Å². The first-order chi connectivity index (χ1) is 10.0. The van der Waals surface area contributed by atoms with Crippen LogP contribution in [0.5, 0.6) is 0 Å². The predicted octanol–water partition coefficient (Wildman–Crippen LogP) is 2.63. The van der Waals surface area contributed by atoms with E-state index in [1.807, 2.05) is 0 Å². The number of hydrogen-bond donors (Lipinski definition) is 1. The van der Waals surface area contributed by atoms with Crippen molar-refractivity contribution < 1.29 is 14.8 Å². The Kier molecular flexibility index (Phi) is 5.14. The third kappa shape index (κ3) is 3.51. The third-order valence-corrected chi connectivity index (χ3v) is 4.06. The molecule has 1 atom stereocenters. The van der Waals surface area contributed by atoms with Crippen molar-refractivity contribution in [3.8, 4) is 0 Å². The third-order valence-electron chi connectivity index (χ3n) is 3.74. The van der Waals surface area contributed by atoms with Crippen molar-refractivity contribution in [2.45, 2.75) is 31.7 Å². The zero-order chi connectivity index (χ0) is 15.4. The Labute approximate surface area is 127 Å². The Bertz CT molecular complexity index is 548. The number of hydrogen-bond acceptors (Lipinski definition) is 4. The lowest BCUT2D eigenvalue weighted by molar-refractivity contribution is -0.384. The Morgan fingerprint density at radius 2 is 2.24 bits per heavy atom. The number of carbonyl (C=O) groups excluding carboxylic acids is 1. The maximum Gasteiger partial charge on any atom is 0.288 e. The van der Waals surface area contributed by atoms with Gasteiger partial charge >= 0.3 is 0 Å². The molecule has 1 heterocycles. The van der Waals surface area contributed by atoms with Crippen LogP contribution in [0.15, 0.2) is 18.2 Å². The summed E-state index contributed by atoms with van der Waals surface area (Å²) >= 11 is 5.76. The molecule has 1 fully saturated rings. The van der Waals surface area contributed by atoms with Crippen LogP contribution in [-0.2, 0) is 0 Å². The normalized spacial score (nSPS) is 18.6. The molecule has 1 aliphatic rings. The molecule has 21 heavy (non-hydrogen) atoms. The highest BCUT2D eigenvalue weighted by Crippen LogP contribution is 2.27. The molecule has 1 aromatic rings. The number of rotatable bonds is 4. The van der Waals surface area contributed by atoms with Gasteiger partial charge in [0.15, 0.2) is 0 Å². The van der Waals surface area contributed by atoms with Gasteiger partial charge in [0.25, 0.3) is 11.6 Å². The molecule has 0 spiro atoms. The van der Waals surface area contributed by atoms with Crippen LogP contribution in [0, 0.1) is 10.1 Å². The van der Waals surface area contributed by atoms with Crippen LogP contribution in [-0.4, -0.2) is 40.0 Å². The van der Waals surface area contributed by atoms with Crippen molar-refractivity contribution in [3.63, 3.8) is 0 Å². The summed E-state index contributed by atoms with van der Waals surface area (Å²) in [4.78, 5) is 24.6. The minimum absolute atomic E-state index is 0.00835. The van der Waals surface area contributed by atoms with Crippen LogP contribution < -0.4 is 0 Å². The Balaban J connectivity index is 2.26. The molecule has 0 aromatic heterocycles. The first kappa shape index (κ1) is 15.7. The number of nitro groups is 1. The molecule has 0 aliphatic carbocycles. The highest BCUT2D eigenvalue weighted by atomic mass is 35.5. The van der Waals surface area contributed by atoms with Gasteiger partial charge in [-0.15, -0.1) is 0 Å². The molecule has 1 aromatic carbocycles. The van der Waals surface area contributed by atoms with E-state index in [2.05, 4.69) is 0 Å². The Morgan fingerprint density at radius 1 is 1.48 bits per heavy atom. The van der Waals surface area contributed by atoms with E-state index in [0.29, 0.717) is 13.0 Å². The molecule has 7 heteroatoms. The van der Waals surface area contributed by atoms with Gasteiger partial charge in [0.05, 0.1) is 4.92 Å². The summed E-state index contributed by atoms with van der Waals surface area (Å²) in [5.41, 5.74) is -0.00539. The van der Waals surface area contributed by atoms with Crippen LogP contribution in [0.2, 0.25) is 5.02 Å². The second-order valence-electron chi connectivity index (χ2n) is 5.08. The number of aliphatic hydroxyl groups excluding tert-OH is 1. The second-order valence-corrected chi connectivity index (χ2v) is 5.49. The molecule has 0 bridgehead atoms. The smallest absolute Gasteiger partial charge is 0.288 e. The van der Waals surface area contributed by atoms with Crippen molar-refractivity contribution >= 4 is 23.2 Å². The molecule has 0 saturated carbocycles. The number of nitrogens with zero attached hydrogens (tertiary/aromatic N) is 2. The highest BCUT2D eigenvalue weighted by Gasteiger charge is 2.28. The van der Waals surface area contributed by atoms with Gasteiger partial charge in [-0.3, -0.25) is 14.9 Å². The van der Waals surface area contributed by atoms with E-state index in [9.17, 15) is 14.9 Å². The zero-order valence-electron chi connectivity index (χ0n) is 11.5. The van der Waals surface area contributed by atoms with Crippen molar-refractivity contribution in [1.29, 1.82) is 0 Å². The van der Waals surface area contributed by atoms with Crippen molar-refractivity contribution in [1.82, 2.24) is 4.90 Å². The second kappa shape index (κ2) is 6.87. The SMILES string of the molecule is O=C(c1ccc(Cl)c([N+](=O)[O-])c1)N1CCCCC1CCO. The molecule has 1 N–H and O–H groups in total. The van der Waals surface area contributed by atoms with Crippen LogP contribution >= 0.6 is 11.6 Å². The largest absolute Gasteiger partial charge is 0.396 e. The molecular formula is C14H17ClN2O4. The summed E-state index contributed by atoms with van der Waals surface area (Å²) in [6.07, 6.45) is 3.31. The molecule has 1 aliphatic heterocycles. The van der Waals surface area contributed by atoms with Gasteiger partial charge in [-0.2, -0.15) is 0 Å². The van der Waals surface area contributed by atoms with E-state index in [1.54, 1.807) is 4.90 Å². The average Bonchev–Trinajstić information content (AvgIpc) is 2.47. The number of piperidine rings is 1. The Hall–Kier alpha value is -1.66. The number of likely N-dealkylation sites (tertiary alicyclic amines) is 1. The highest BCUT2D eigenvalue weighted by molar-refractivity contribution is 6.32. The fraction of sp³-hybridized carbons (Fsp3) is 0.500. The molecule has 0 radical (unpaired) electrons. The molecule has 114 valence electrons. The van der Waals surface area contributed by atoms with Crippen molar-refractivity contribution in [2.24, 2.45) is 0 Å². The summed E-state index contributed by atoms with van der Waals surface area (Å²) in [5, 5.41) is 20.0. The van der Waals surface area contributed by atoms with Crippen LogP contribution in [0.1, 0.15) is 36.0 Å². The number of amides is 1. The lowest BCUT2D eigenvalue weighted by Gasteiger charge is -2.35. The maximum atomic E-state index is 12.5. The lowest BCUT2D eigenvalue weighted by atomic mass is 9.98. The van der Waals surface area contributed by atoms with Gasteiger partial charge in [0, 0.05) is 30.8 Å². The van der Waals surface area contributed by atoms with Gasteiger partial charge in [-0.05, 0) is 37.8 Å². The fourth-order valence-electron chi connectivity index (χ4n) is 2.67. The summed E-state index contributed by atoms with van der Waals surface area (Å²) in [6, 6.07) is 4.08. The first-order valence-electron chi connectivity index (χ1n) is 6.90. The number of carbonyl (C=O) groups is 1. The summed E-state index contributed by atoms with van der Waals surface area (Å²) < 4.78 is 0. The van der Waals surface area contributed by atoms with E-state index < -0.39 is 4.92 Å². The van der Waals surface area contributed by atoms with Crippen molar-refractivity contribution in [2.75, 3.05) is 13.2 Å². The molecule has 1 amide bonds. The minimum atomic E-state index is -0.597. The average molecular weight is 313 g/mol. The van der Waals surface area contributed by atoms with Crippen LogP contribution in [0.3, 0.4) is 0 Å². The number of halogens is 1. The molecule has 6 nitrogen and oxygen atoms in total. The minimum Gasteiger partial charge on any atom is -0.396 e. The molecule has 1 saturated heterocycles. The van der Waals surface area contributed by atoms with Gasteiger partial charge < -0.3 is 10.0 Å². The van der Waals surface area contributed by atoms with E-state index in [4.69, 9.17) is 16.7 Å². The van der Waals surface area contributed by atoms with Crippen LogP contribution in [0.25, 0.3) is 0 Å². The number of benzene rings is 1. The van der Waals surface area contributed by atoms with E-state index in [0.717, 1.165) is 19.3 Å². The first-order valence-corrected chi connectivity index (χ1v) is 7.28. The van der Waals surface area contributed by atoms with Gasteiger partial charge in [-0.25, -0.2) is 0 Å². The van der Waals surface area contributed by atoms with Gasteiger partial charge in [0.2, 0.25) is 0 Å². The number of nitro benzene ring substituents is 1. The predicted molar refractivity (Wildman–Crippen MR) is 78.5 cm³/mol. The molecule has 1 unspecified atom stereocenters. The summed E-state index contributed by atoms with van der Waals surface area (Å²) in [5.74, 6) is -0.243. The monoisotopic (exact) mass is 312 g/mol. The van der Waals surface area contributed by atoms with Gasteiger partial charge in [-0.1, -0.05) is 11.6 Å². The van der Waals surface area contributed by atoms with Crippen molar-refractivity contribution in [3.05, 3.63) is 38.9 Å². The van der Waals surface area contributed by atoms with Crippen LogP contribution in [0.4, 0.5) is 5.69 Å². The lowest BCUT2D eigenvalue weighted by Crippen LogP contribution is -2.44. The quantitative estimate of drug-likeness (QED) is 0.684. The Morgan fingerprint density at radius 3 is 2.90 bits per heavy atom. The zero-order valence-corrected chi connectivity index (χ0v) is 12.3. The van der Waals surface area contributed by atoms with E-state index in [-0.39, 0.29) is 34.8 Å². The summed E-state index contributed by atoms with van der Waals surface area (Å²) in [7, 11) is 0. The van der Waals surface area contributed by atoms with E-state index >= 15 is 0 Å².